The van der Waals surface area contributed by atoms with E-state index in [0.29, 0.717) is 32.6 Å². The first kappa shape index (κ1) is 10.6. The number of rotatable bonds is 2. The molecule has 0 spiro atoms. The molecule has 82 valence electrons. The Labute approximate surface area is 89.2 Å². The van der Waals surface area contributed by atoms with Crippen molar-refractivity contribution in [1.29, 1.82) is 0 Å². The molecule has 2 N–H and O–H groups in total. The lowest BCUT2D eigenvalue weighted by molar-refractivity contribution is -0.0119. The van der Waals surface area contributed by atoms with E-state index in [1.165, 1.54) is 0 Å². The van der Waals surface area contributed by atoms with E-state index in [4.69, 9.17) is 10.5 Å². The van der Waals surface area contributed by atoms with Gasteiger partial charge in [0.1, 0.15) is 5.67 Å². The highest BCUT2D eigenvalue weighted by molar-refractivity contribution is 5.32. The van der Waals surface area contributed by atoms with Crippen LogP contribution in [0.4, 0.5) is 4.39 Å². The van der Waals surface area contributed by atoms with Crippen LogP contribution in [-0.2, 0) is 17.0 Å². The van der Waals surface area contributed by atoms with Gasteiger partial charge < -0.3 is 10.5 Å². The van der Waals surface area contributed by atoms with Crippen molar-refractivity contribution in [1.82, 2.24) is 0 Å². The minimum Gasteiger partial charge on any atom is -0.381 e. The van der Waals surface area contributed by atoms with E-state index in [1.54, 1.807) is 0 Å². The first-order valence-electron chi connectivity index (χ1n) is 5.31. The monoisotopic (exact) mass is 209 g/mol. The van der Waals surface area contributed by atoms with Crippen molar-refractivity contribution < 1.29 is 9.13 Å². The standard InChI is InChI=1S/C12H16FNO/c13-12(5-7-15-8-6-12)11-4-2-1-3-10(11)9-14/h1-4H,5-9,14H2. The van der Waals surface area contributed by atoms with Crippen molar-refractivity contribution in [2.45, 2.75) is 25.1 Å². The molecule has 0 aliphatic carbocycles. The van der Waals surface area contributed by atoms with E-state index >= 15 is 0 Å². The molecule has 0 saturated carbocycles. The predicted molar refractivity (Wildman–Crippen MR) is 57.2 cm³/mol. The van der Waals surface area contributed by atoms with Gasteiger partial charge >= 0.3 is 0 Å². The molecule has 0 bridgehead atoms. The van der Waals surface area contributed by atoms with Crippen LogP contribution >= 0.6 is 0 Å². The molecule has 2 rings (SSSR count). The topological polar surface area (TPSA) is 35.2 Å². The van der Waals surface area contributed by atoms with Crippen LogP contribution in [0.3, 0.4) is 0 Å². The second-order valence-electron chi connectivity index (χ2n) is 3.94. The van der Waals surface area contributed by atoms with E-state index < -0.39 is 5.67 Å². The molecular weight excluding hydrogens is 193 g/mol. The molecule has 1 aromatic rings. The molecule has 3 heteroatoms. The molecule has 1 fully saturated rings. The number of ether oxygens (including phenoxy) is 1. The number of hydrogen-bond donors (Lipinski definition) is 1. The average molecular weight is 209 g/mol. The van der Waals surface area contributed by atoms with Crippen LogP contribution in [0.1, 0.15) is 24.0 Å². The van der Waals surface area contributed by atoms with Crippen molar-refractivity contribution in [2.75, 3.05) is 13.2 Å². The third-order valence-corrected chi connectivity index (χ3v) is 3.01. The van der Waals surface area contributed by atoms with Crippen LogP contribution in [0, 0.1) is 0 Å². The molecule has 15 heavy (non-hydrogen) atoms. The summed E-state index contributed by atoms with van der Waals surface area (Å²) >= 11 is 0. The summed E-state index contributed by atoms with van der Waals surface area (Å²) in [5.41, 5.74) is 6.03. The van der Waals surface area contributed by atoms with E-state index in [0.717, 1.165) is 11.1 Å². The van der Waals surface area contributed by atoms with Crippen LogP contribution in [-0.4, -0.2) is 13.2 Å². The van der Waals surface area contributed by atoms with Crippen molar-refractivity contribution in [3.8, 4) is 0 Å². The van der Waals surface area contributed by atoms with Gasteiger partial charge in [0.05, 0.1) is 0 Å². The fourth-order valence-electron chi connectivity index (χ4n) is 2.10. The first-order chi connectivity index (χ1) is 7.26. The maximum atomic E-state index is 14.6. The second kappa shape index (κ2) is 4.29. The van der Waals surface area contributed by atoms with Gasteiger partial charge in [-0.3, -0.25) is 0 Å². The molecule has 0 aromatic heterocycles. The Hall–Kier alpha value is -0.930. The average Bonchev–Trinajstić information content (AvgIpc) is 2.30. The molecule has 1 aliphatic heterocycles. The lowest BCUT2D eigenvalue weighted by Gasteiger charge is -2.31. The molecule has 1 aliphatic rings. The molecule has 1 saturated heterocycles. The third kappa shape index (κ3) is 2.03. The molecular formula is C12H16FNO. The molecule has 0 radical (unpaired) electrons. The second-order valence-corrected chi connectivity index (χ2v) is 3.94. The summed E-state index contributed by atoms with van der Waals surface area (Å²) in [7, 11) is 0. The smallest absolute Gasteiger partial charge is 0.140 e. The number of alkyl halides is 1. The van der Waals surface area contributed by atoms with Gasteiger partial charge in [-0.05, 0) is 11.1 Å². The van der Waals surface area contributed by atoms with E-state index in [-0.39, 0.29) is 0 Å². The summed E-state index contributed by atoms with van der Waals surface area (Å²) in [5.74, 6) is 0. The lowest BCUT2D eigenvalue weighted by atomic mass is 9.85. The van der Waals surface area contributed by atoms with Gasteiger partial charge in [0, 0.05) is 32.6 Å². The molecule has 0 atom stereocenters. The van der Waals surface area contributed by atoms with Crippen LogP contribution < -0.4 is 5.73 Å². The number of nitrogens with two attached hydrogens (primary N) is 1. The summed E-state index contributed by atoms with van der Waals surface area (Å²) < 4.78 is 19.8. The summed E-state index contributed by atoms with van der Waals surface area (Å²) in [6, 6.07) is 7.50. The summed E-state index contributed by atoms with van der Waals surface area (Å²) in [4.78, 5) is 0. The van der Waals surface area contributed by atoms with Gasteiger partial charge in [-0.1, -0.05) is 24.3 Å². The summed E-state index contributed by atoms with van der Waals surface area (Å²) in [5, 5.41) is 0. The third-order valence-electron chi connectivity index (χ3n) is 3.01. The molecule has 1 heterocycles. The summed E-state index contributed by atoms with van der Waals surface area (Å²) in [6.07, 6.45) is 0.869. The van der Waals surface area contributed by atoms with Crippen LogP contribution in [0.15, 0.2) is 24.3 Å². The fourth-order valence-corrected chi connectivity index (χ4v) is 2.10. The fraction of sp³-hybridized carbons (Fsp3) is 0.500. The van der Waals surface area contributed by atoms with Gasteiger partial charge in [-0.15, -0.1) is 0 Å². The Morgan fingerprint density at radius 1 is 1.27 bits per heavy atom. The molecule has 0 amide bonds. The number of hydrogen-bond acceptors (Lipinski definition) is 2. The minimum atomic E-state index is -1.24. The zero-order chi connectivity index (χ0) is 10.7. The van der Waals surface area contributed by atoms with Gasteiger partial charge in [-0.2, -0.15) is 0 Å². The van der Waals surface area contributed by atoms with Gasteiger partial charge in [-0.25, -0.2) is 4.39 Å². The van der Waals surface area contributed by atoms with Crippen LogP contribution in [0.25, 0.3) is 0 Å². The van der Waals surface area contributed by atoms with E-state index in [9.17, 15) is 4.39 Å². The molecule has 2 nitrogen and oxygen atoms in total. The maximum Gasteiger partial charge on any atom is 0.140 e. The Morgan fingerprint density at radius 3 is 2.60 bits per heavy atom. The maximum absolute atomic E-state index is 14.6. The van der Waals surface area contributed by atoms with E-state index in [2.05, 4.69) is 0 Å². The zero-order valence-electron chi connectivity index (χ0n) is 8.71. The SMILES string of the molecule is NCc1ccccc1C1(F)CCOCC1. The van der Waals surface area contributed by atoms with Crippen molar-refractivity contribution in [3.63, 3.8) is 0 Å². The predicted octanol–water partition coefficient (Wildman–Crippen LogP) is 2.12. The van der Waals surface area contributed by atoms with Gasteiger partial charge in [0.15, 0.2) is 0 Å². The Morgan fingerprint density at radius 2 is 1.93 bits per heavy atom. The quantitative estimate of drug-likeness (QED) is 0.809. The van der Waals surface area contributed by atoms with Crippen LogP contribution in [0.5, 0.6) is 0 Å². The highest BCUT2D eigenvalue weighted by Crippen LogP contribution is 2.37. The largest absolute Gasteiger partial charge is 0.381 e. The van der Waals surface area contributed by atoms with Gasteiger partial charge in [0.2, 0.25) is 0 Å². The first-order valence-corrected chi connectivity index (χ1v) is 5.31. The Kier molecular flexibility index (Phi) is 3.03. The van der Waals surface area contributed by atoms with Crippen molar-refractivity contribution in [2.24, 2.45) is 5.73 Å². The zero-order valence-corrected chi connectivity index (χ0v) is 8.71. The van der Waals surface area contributed by atoms with E-state index in [1.807, 2.05) is 24.3 Å². The number of halogens is 1. The lowest BCUT2D eigenvalue weighted by Crippen LogP contribution is -2.30. The van der Waals surface area contributed by atoms with Crippen molar-refractivity contribution in [3.05, 3.63) is 35.4 Å². The Balaban J connectivity index is 2.34. The highest BCUT2D eigenvalue weighted by Gasteiger charge is 2.35. The molecule has 0 unspecified atom stereocenters. The van der Waals surface area contributed by atoms with Crippen LogP contribution in [0.2, 0.25) is 0 Å². The normalized spacial score (nSPS) is 20.1. The molecule has 1 aromatic carbocycles. The van der Waals surface area contributed by atoms with Crippen molar-refractivity contribution >= 4 is 0 Å². The van der Waals surface area contributed by atoms with Gasteiger partial charge in [0.25, 0.3) is 0 Å². The minimum absolute atomic E-state index is 0.392. The number of benzene rings is 1. The Bertz CT molecular complexity index is 334. The summed E-state index contributed by atoms with van der Waals surface area (Å²) in [6.45, 7) is 1.38. The highest BCUT2D eigenvalue weighted by atomic mass is 19.1.